The predicted octanol–water partition coefficient (Wildman–Crippen LogP) is 2.36. The zero-order valence-electron chi connectivity index (χ0n) is 10.4. The second kappa shape index (κ2) is 4.37. The van der Waals surface area contributed by atoms with Crippen molar-refractivity contribution in [2.75, 3.05) is 4.90 Å². The van der Waals surface area contributed by atoms with Crippen LogP contribution in [0.4, 0.5) is 5.69 Å². The number of fused-ring (bicyclic) bond motifs is 5. The molecule has 104 valence electrons. The molecule has 0 aromatic carbocycles. The summed E-state index contributed by atoms with van der Waals surface area (Å²) in [6.07, 6.45) is 4.18. The summed E-state index contributed by atoms with van der Waals surface area (Å²) in [5.74, 6) is 0.0884. The van der Waals surface area contributed by atoms with Crippen molar-refractivity contribution in [3.8, 4) is 0 Å². The Labute approximate surface area is 133 Å². The Kier molecular flexibility index (Phi) is 2.83. The molecule has 6 unspecified atom stereocenters. The van der Waals surface area contributed by atoms with Gasteiger partial charge in [0, 0.05) is 15.9 Å². The van der Waals surface area contributed by atoms with Gasteiger partial charge in [0.2, 0.25) is 11.8 Å². The summed E-state index contributed by atoms with van der Waals surface area (Å²) in [6, 6.07) is 3.52. The fraction of sp³-hybridized carbons (Fsp3) is 0.500. The lowest BCUT2D eigenvalue weighted by Gasteiger charge is -2.28. The highest BCUT2D eigenvalue weighted by Crippen LogP contribution is 2.60. The van der Waals surface area contributed by atoms with Crippen LogP contribution >= 0.6 is 31.9 Å². The number of amides is 2. The molecule has 2 aliphatic carbocycles. The van der Waals surface area contributed by atoms with E-state index in [4.69, 9.17) is 0 Å². The smallest absolute Gasteiger partial charge is 0.238 e. The Hall–Kier alpha value is -0.750. The average Bonchev–Trinajstić information content (AvgIpc) is 3.05. The summed E-state index contributed by atoms with van der Waals surface area (Å²) in [7, 11) is 0. The van der Waals surface area contributed by atoms with Crippen molar-refractivity contribution in [3.05, 3.63) is 24.5 Å². The van der Waals surface area contributed by atoms with Gasteiger partial charge in [-0.1, -0.05) is 31.9 Å². The second-order valence-electron chi connectivity index (χ2n) is 5.73. The number of alkyl halides is 2. The molecule has 2 heterocycles. The summed E-state index contributed by atoms with van der Waals surface area (Å²) < 4.78 is 0. The molecule has 1 saturated heterocycles. The van der Waals surface area contributed by atoms with Crippen LogP contribution in [0, 0.1) is 23.7 Å². The molecular formula is C14H12Br2N2O2. The van der Waals surface area contributed by atoms with Gasteiger partial charge >= 0.3 is 0 Å². The van der Waals surface area contributed by atoms with Crippen molar-refractivity contribution in [1.29, 1.82) is 0 Å². The number of nitrogens with zero attached hydrogens (tertiary/aromatic N) is 2. The zero-order chi connectivity index (χ0) is 14.0. The molecule has 0 spiro atoms. The zero-order valence-corrected chi connectivity index (χ0v) is 13.6. The van der Waals surface area contributed by atoms with Gasteiger partial charge in [-0.15, -0.1) is 0 Å². The summed E-state index contributed by atoms with van der Waals surface area (Å²) in [5, 5.41) is 0. The molecule has 6 atom stereocenters. The molecule has 2 bridgehead atoms. The lowest BCUT2D eigenvalue weighted by atomic mass is 9.81. The average molecular weight is 400 g/mol. The number of carbonyl (C=O) groups excluding carboxylic acids is 2. The fourth-order valence-corrected chi connectivity index (χ4v) is 5.96. The molecular weight excluding hydrogens is 388 g/mol. The Morgan fingerprint density at radius 1 is 1.10 bits per heavy atom. The highest BCUT2D eigenvalue weighted by atomic mass is 79.9. The highest BCUT2D eigenvalue weighted by Gasteiger charge is 2.66. The first-order valence-corrected chi connectivity index (χ1v) is 8.50. The topological polar surface area (TPSA) is 50.3 Å². The summed E-state index contributed by atoms with van der Waals surface area (Å²) in [6.45, 7) is 0. The van der Waals surface area contributed by atoms with Gasteiger partial charge in [0.15, 0.2) is 0 Å². The van der Waals surface area contributed by atoms with Gasteiger partial charge < -0.3 is 0 Å². The van der Waals surface area contributed by atoms with E-state index in [1.807, 2.05) is 0 Å². The molecule has 1 aliphatic heterocycles. The molecule has 20 heavy (non-hydrogen) atoms. The van der Waals surface area contributed by atoms with Gasteiger partial charge in [0.05, 0.1) is 23.7 Å². The number of hydrogen-bond acceptors (Lipinski definition) is 3. The van der Waals surface area contributed by atoms with Crippen molar-refractivity contribution in [2.45, 2.75) is 16.1 Å². The van der Waals surface area contributed by atoms with E-state index in [9.17, 15) is 9.59 Å². The summed E-state index contributed by atoms with van der Waals surface area (Å²) in [5.41, 5.74) is 0.591. The maximum absolute atomic E-state index is 12.7. The third-order valence-corrected chi connectivity index (χ3v) is 8.10. The van der Waals surface area contributed by atoms with E-state index in [-0.39, 0.29) is 45.1 Å². The normalized spacial score (nSPS) is 42.4. The van der Waals surface area contributed by atoms with Gasteiger partial charge in [0.1, 0.15) is 0 Å². The van der Waals surface area contributed by atoms with Crippen molar-refractivity contribution in [3.63, 3.8) is 0 Å². The van der Waals surface area contributed by atoms with Gasteiger partial charge in [-0.2, -0.15) is 0 Å². The molecule has 4 nitrogen and oxygen atoms in total. The molecule has 1 aromatic rings. The van der Waals surface area contributed by atoms with Crippen LogP contribution in [0.15, 0.2) is 24.5 Å². The third kappa shape index (κ3) is 1.49. The predicted molar refractivity (Wildman–Crippen MR) is 80.7 cm³/mol. The monoisotopic (exact) mass is 398 g/mol. The van der Waals surface area contributed by atoms with E-state index >= 15 is 0 Å². The largest absolute Gasteiger partial charge is 0.274 e. The first-order valence-electron chi connectivity index (χ1n) is 6.67. The van der Waals surface area contributed by atoms with Crippen LogP contribution in [-0.4, -0.2) is 26.5 Å². The van der Waals surface area contributed by atoms with E-state index in [2.05, 4.69) is 36.8 Å². The van der Waals surface area contributed by atoms with Crippen LogP contribution in [0.2, 0.25) is 0 Å². The number of anilines is 1. The molecule has 1 aromatic heterocycles. The lowest BCUT2D eigenvalue weighted by Crippen LogP contribution is -2.37. The van der Waals surface area contributed by atoms with E-state index < -0.39 is 0 Å². The van der Waals surface area contributed by atoms with E-state index in [0.29, 0.717) is 5.69 Å². The molecule has 0 N–H and O–H groups in total. The number of halogens is 2. The minimum Gasteiger partial charge on any atom is -0.274 e. The highest BCUT2D eigenvalue weighted by molar-refractivity contribution is 9.12. The molecule has 3 fully saturated rings. The van der Waals surface area contributed by atoms with E-state index in [1.165, 1.54) is 4.90 Å². The van der Waals surface area contributed by atoms with Crippen LogP contribution in [0.3, 0.4) is 0 Å². The number of carbonyl (C=O) groups is 2. The van der Waals surface area contributed by atoms with Crippen LogP contribution < -0.4 is 4.90 Å². The number of pyridine rings is 1. The van der Waals surface area contributed by atoms with Crippen LogP contribution in [0.1, 0.15) is 6.42 Å². The number of imide groups is 1. The Morgan fingerprint density at radius 2 is 1.70 bits per heavy atom. The van der Waals surface area contributed by atoms with Gasteiger partial charge in [0.25, 0.3) is 0 Å². The molecule has 2 saturated carbocycles. The SMILES string of the molecule is O=C1C2C3CC(C(Br)C3Br)C2C(=O)N1c1cccnc1. The van der Waals surface area contributed by atoms with Gasteiger partial charge in [-0.3, -0.25) is 14.6 Å². The van der Waals surface area contributed by atoms with Crippen molar-refractivity contribution in [1.82, 2.24) is 4.98 Å². The number of hydrogen-bond donors (Lipinski definition) is 0. The Bertz CT molecular complexity index is 562. The van der Waals surface area contributed by atoms with Crippen LogP contribution in [0.5, 0.6) is 0 Å². The number of rotatable bonds is 1. The molecule has 2 amide bonds. The lowest BCUT2D eigenvalue weighted by molar-refractivity contribution is -0.123. The Balaban J connectivity index is 1.75. The van der Waals surface area contributed by atoms with E-state index in [0.717, 1.165) is 6.42 Å². The minimum atomic E-state index is -0.161. The second-order valence-corrected chi connectivity index (χ2v) is 7.84. The van der Waals surface area contributed by atoms with Crippen molar-refractivity contribution < 1.29 is 9.59 Å². The fourth-order valence-electron chi connectivity index (χ4n) is 4.09. The molecule has 0 radical (unpaired) electrons. The molecule has 6 heteroatoms. The third-order valence-electron chi connectivity index (χ3n) is 4.89. The maximum atomic E-state index is 12.7. The van der Waals surface area contributed by atoms with Crippen LogP contribution in [-0.2, 0) is 9.59 Å². The van der Waals surface area contributed by atoms with Crippen molar-refractivity contribution >= 4 is 49.4 Å². The first kappa shape index (κ1) is 13.0. The Morgan fingerprint density at radius 3 is 2.20 bits per heavy atom. The summed E-state index contributed by atoms with van der Waals surface area (Å²) >= 11 is 7.36. The van der Waals surface area contributed by atoms with Gasteiger partial charge in [-0.25, -0.2) is 4.90 Å². The first-order chi connectivity index (χ1) is 9.61. The minimum absolute atomic E-state index is 0.0515. The standard InChI is InChI=1S/C14H12Br2N2O2/c15-11-7-4-8(12(11)16)10-9(7)13(19)18(14(10)20)6-2-1-3-17-5-6/h1-3,5,7-12H,4H2. The summed E-state index contributed by atoms with van der Waals surface area (Å²) in [4.78, 5) is 31.3. The van der Waals surface area contributed by atoms with Gasteiger partial charge in [-0.05, 0) is 30.4 Å². The van der Waals surface area contributed by atoms with Crippen molar-refractivity contribution in [2.24, 2.45) is 23.7 Å². The van der Waals surface area contributed by atoms with E-state index in [1.54, 1.807) is 24.5 Å². The maximum Gasteiger partial charge on any atom is 0.238 e. The molecule has 3 aliphatic rings. The number of aromatic nitrogens is 1. The quantitative estimate of drug-likeness (QED) is 0.538. The van der Waals surface area contributed by atoms with Crippen LogP contribution in [0.25, 0.3) is 0 Å². The molecule has 4 rings (SSSR count).